The maximum atomic E-state index is 14.2. The van der Waals surface area contributed by atoms with Crippen molar-refractivity contribution in [3.63, 3.8) is 0 Å². The molecule has 0 radical (unpaired) electrons. The Labute approximate surface area is 220 Å². The first-order chi connectivity index (χ1) is 18.7. The van der Waals surface area contributed by atoms with Crippen LogP contribution in [0.25, 0.3) is 10.9 Å². The van der Waals surface area contributed by atoms with Crippen LogP contribution in [0.4, 0.5) is 5.69 Å². The number of carbonyl (C=O) groups is 2. The minimum Gasteiger partial charge on any atom is -0.485 e. The molecule has 2 atom stereocenters. The highest BCUT2D eigenvalue weighted by Gasteiger charge is 2.41. The van der Waals surface area contributed by atoms with Crippen molar-refractivity contribution < 1.29 is 23.5 Å². The van der Waals surface area contributed by atoms with Gasteiger partial charge in [0.1, 0.15) is 12.4 Å². The van der Waals surface area contributed by atoms with Crippen LogP contribution in [-0.4, -0.2) is 35.6 Å². The van der Waals surface area contributed by atoms with Gasteiger partial charge < -0.3 is 19.2 Å². The van der Waals surface area contributed by atoms with Gasteiger partial charge in [-0.25, -0.2) is 0 Å². The Morgan fingerprint density at radius 2 is 1.74 bits per heavy atom. The van der Waals surface area contributed by atoms with Gasteiger partial charge >= 0.3 is 0 Å². The van der Waals surface area contributed by atoms with Gasteiger partial charge in [-0.3, -0.25) is 19.5 Å². The Hall–Kier alpha value is -4.33. The van der Waals surface area contributed by atoms with E-state index in [2.05, 4.69) is 10.3 Å². The molecule has 1 aliphatic carbocycles. The summed E-state index contributed by atoms with van der Waals surface area (Å²) in [5.41, 5.74) is 1.26. The number of nitrogens with zero attached hydrogens (tertiary/aromatic N) is 2. The largest absolute Gasteiger partial charge is 0.485 e. The lowest BCUT2D eigenvalue weighted by molar-refractivity contribution is -0.132. The normalized spacial score (nSPS) is 18.1. The number of aromatic nitrogens is 1. The molecule has 2 aromatic heterocycles. The smallest absolute Gasteiger partial charge is 0.272 e. The fourth-order valence-corrected chi connectivity index (χ4v) is 5.24. The fourth-order valence-electron chi connectivity index (χ4n) is 5.24. The van der Waals surface area contributed by atoms with Crippen LogP contribution >= 0.6 is 0 Å². The second-order valence-electron chi connectivity index (χ2n) is 9.72. The predicted octanol–water partition coefficient (Wildman–Crippen LogP) is 5.19. The zero-order valence-corrected chi connectivity index (χ0v) is 20.9. The number of carbonyl (C=O) groups excluding carboxylic acids is 2. The first-order valence-electron chi connectivity index (χ1n) is 13.1. The van der Waals surface area contributed by atoms with E-state index in [0.29, 0.717) is 22.9 Å². The molecule has 8 heteroatoms. The van der Waals surface area contributed by atoms with Gasteiger partial charge in [0, 0.05) is 11.4 Å². The Morgan fingerprint density at radius 1 is 0.947 bits per heavy atom. The number of hydrogen-bond donors (Lipinski definition) is 1. The van der Waals surface area contributed by atoms with E-state index in [0.717, 1.165) is 36.6 Å². The minimum atomic E-state index is -1.05. The third kappa shape index (κ3) is 4.81. The Balaban J connectivity index is 1.41. The number of anilines is 1. The molecule has 0 spiro atoms. The van der Waals surface area contributed by atoms with Gasteiger partial charge in [0.05, 0.1) is 23.7 Å². The summed E-state index contributed by atoms with van der Waals surface area (Å²) < 4.78 is 17.7. The monoisotopic (exact) mass is 511 g/mol. The molecular formula is C30H29N3O5. The van der Waals surface area contributed by atoms with Gasteiger partial charge in [-0.15, -0.1) is 0 Å². The lowest BCUT2D eigenvalue weighted by Crippen LogP contribution is -2.52. The quantitative estimate of drug-likeness (QED) is 0.383. The van der Waals surface area contributed by atoms with E-state index < -0.39 is 18.1 Å². The first kappa shape index (κ1) is 24.0. The Bertz CT molecular complexity index is 1430. The lowest BCUT2D eigenvalue weighted by atomic mass is 9.95. The molecule has 0 saturated heterocycles. The van der Waals surface area contributed by atoms with Crippen molar-refractivity contribution in [3.05, 3.63) is 85.0 Å². The Morgan fingerprint density at radius 3 is 2.55 bits per heavy atom. The highest BCUT2D eigenvalue weighted by Crippen LogP contribution is 2.35. The van der Waals surface area contributed by atoms with Crippen molar-refractivity contribution in [3.8, 4) is 11.5 Å². The summed E-state index contributed by atoms with van der Waals surface area (Å²) in [5.74, 6) is 0.696. The molecule has 2 aliphatic rings. The number of nitrogens with one attached hydrogen (secondary N) is 1. The number of fused-ring (bicyclic) bond motifs is 2. The van der Waals surface area contributed by atoms with Crippen LogP contribution in [0.15, 0.2) is 83.6 Å². The second kappa shape index (κ2) is 10.6. The highest BCUT2D eigenvalue weighted by atomic mass is 16.6. The minimum absolute atomic E-state index is 0.0163. The predicted molar refractivity (Wildman–Crippen MR) is 142 cm³/mol. The van der Waals surface area contributed by atoms with Gasteiger partial charge in [0.2, 0.25) is 6.10 Å². The molecule has 1 saturated carbocycles. The molecule has 2 aromatic carbocycles. The molecule has 1 fully saturated rings. The van der Waals surface area contributed by atoms with E-state index >= 15 is 0 Å². The fraction of sp³-hybridized carbons (Fsp3) is 0.300. The number of para-hydroxylation sites is 3. The van der Waals surface area contributed by atoms with Crippen LogP contribution < -0.4 is 19.7 Å². The number of hydrogen-bond acceptors (Lipinski definition) is 6. The molecule has 38 heavy (non-hydrogen) atoms. The van der Waals surface area contributed by atoms with E-state index in [-0.39, 0.29) is 18.6 Å². The van der Waals surface area contributed by atoms with Gasteiger partial charge in [-0.2, -0.15) is 0 Å². The van der Waals surface area contributed by atoms with Crippen molar-refractivity contribution in [2.75, 3.05) is 11.5 Å². The molecule has 8 nitrogen and oxygen atoms in total. The molecule has 1 aliphatic heterocycles. The summed E-state index contributed by atoms with van der Waals surface area (Å²) in [7, 11) is 0. The van der Waals surface area contributed by atoms with E-state index in [4.69, 9.17) is 13.9 Å². The molecule has 6 rings (SSSR count). The molecule has 1 N–H and O–H groups in total. The number of benzene rings is 2. The van der Waals surface area contributed by atoms with Crippen molar-refractivity contribution in [2.24, 2.45) is 0 Å². The van der Waals surface area contributed by atoms with Gasteiger partial charge in [-0.05, 0) is 49.2 Å². The van der Waals surface area contributed by atoms with Crippen LogP contribution in [0.1, 0.15) is 43.9 Å². The lowest BCUT2D eigenvalue weighted by Gasteiger charge is -2.35. The van der Waals surface area contributed by atoms with Crippen LogP contribution in [0.5, 0.6) is 11.5 Å². The summed E-state index contributed by atoms with van der Waals surface area (Å²) in [6.45, 7) is 0.0163. The van der Waals surface area contributed by atoms with E-state index in [9.17, 15) is 9.59 Å². The standard InChI is InChI=1S/C30H29N3O5/c34-29(32-21-10-2-1-3-11-21)28(26-15-8-16-36-26)33(22-17-20-9-4-5-12-23(20)31-18-22)30(35)27-19-37-24-13-6-7-14-25(24)38-27/h4-9,12-18,21,27-28H,1-3,10-11,19H2,(H,32,34)/t27-,28+/m0/s1. The molecule has 194 valence electrons. The zero-order valence-electron chi connectivity index (χ0n) is 20.9. The zero-order chi connectivity index (χ0) is 25.9. The molecule has 2 amide bonds. The van der Waals surface area contributed by atoms with Crippen molar-refractivity contribution >= 4 is 28.4 Å². The van der Waals surface area contributed by atoms with Gasteiger partial charge in [0.25, 0.3) is 11.8 Å². The van der Waals surface area contributed by atoms with E-state index in [1.165, 1.54) is 17.6 Å². The number of amides is 2. The number of ether oxygens (including phenoxy) is 2. The number of furan rings is 1. The topological polar surface area (TPSA) is 93.9 Å². The molecule has 0 bridgehead atoms. The maximum Gasteiger partial charge on any atom is 0.272 e. The Kier molecular flexibility index (Phi) is 6.69. The maximum absolute atomic E-state index is 14.2. The van der Waals surface area contributed by atoms with Gasteiger partial charge in [-0.1, -0.05) is 49.6 Å². The van der Waals surface area contributed by atoms with Gasteiger partial charge in [0.15, 0.2) is 17.5 Å². The average molecular weight is 512 g/mol. The van der Waals surface area contributed by atoms with E-state index in [1.807, 2.05) is 42.5 Å². The summed E-state index contributed by atoms with van der Waals surface area (Å²) in [5, 5.41) is 4.03. The van der Waals surface area contributed by atoms with E-state index in [1.54, 1.807) is 30.5 Å². The highest BCUT2D eigenvalue weighted by molar-refractivity contribution is 6.04. The van der Waals surface area contributed by atoms with Crippen LogP contribution in [-0.2, 0) is 9.59 Å². The SMILES string of the molecule is O=C(NC1CCCCC1)[C@@H](c1ccco1)N(C(=O)[C@@H]1COc2ccccc2O1)c1cnc2ccccc2c1. The third-order valence-electron chi connectivity index (χ3n) is 7.15. The summed E-state index contributed by atoms with van der Waals surface area (Å²) in [4.78, 5) is 34.2. The van der Waals surface area contributed by atoms with Crippen molar-refractivity contribution in [2.45, 2.75) is 50.3 Å². The van der Waals surface area contributed by atoms with Crippen LogP contribution in [0, 0.1) is 0 Å². The molecule has 3 heterocycles. The van der Waals surface area contributed by atoms with Crippen molar-refractivity contribution in [1.82, 2.24) is 10.3 Å². The molecule has 4 aromatic rings. The summed E-state index contributed by atoms with van der Waals surface area (Å²) in [6, 6.07) is 19.2. The number of pyridine rings is 1. The van der Waals surface area contributed by atoms with Crippen LogP contribution in [0.3, 0.4) is 0 Å². The number of rotatable bonds is 6. The molecular weight excluding hydrogens is 482 g/mol. The third-order valence-corrected chi connectivity index (χ3v) is 7.15. The first-order valence-corrected chi connectivity index (χ1v) is 13.1. The molecule has 0 unspecified atom stereocenters. The van der Waals surface area contributed by atoms with Crippen molar-refractivity contribution in [1.29, 1.82) is 0 Å². The van der Waals surface area contributed by atoms with Crippen LogP contribution in [0.2, 0.25) is 0 Å². The summed E-state index contributed by atoms with van der Waals surface area (Å²) in [6.07, 6.45) is 7.30. The summed E-state index contributed by atoms with van der Waals surface area (Å²) >= 11 is 0. The second-order valence-corrected chi connectivity index (χ2v) is 9.72. The average Bonchev–Trinajstić information content (AvgIpc) is 3.50.